The minimum Gasteiger partial charge on any atom is -0.356 e. The van der Waals surface area contributed by atoms with Gasteiger partial charge in [0.15, 0.2) is 5.96 Å². The second-order valence-corrected chi connectivity index (χ2v) is 8.88. The van der Waals surface area contributed by atoms with Crippen molar-refractivity contribution in [3.05, 3.63) is 44.3 Å². The maximum absolute atomic E-state index is 11.9. The lowest BCUT2D eigenvalue weighted by Gasteiger charge is -2.18. The maximum atomic E-state index is 11.9. The summed E-state index contributed by atoms with van der Waals surface area (Å²) >= 11 is 3.58. The molecule has 2 heterocycles. The second-order valence-electron chi connectivity index (χ2n) is 6.47. The summed E-state index contributed by atoms with van der Waals surface area (Å²) in [7, 11) is 3.49. The number of likely N-dealkylation sites (N-methyl/N-ethyl adjacent to an activating group) is 1. The average molecular weight is 393 g/mol. The van der Waals surface area contributed by atoms with Crippen LogP contribution in [0.1, 0.15) is 21.6 Å². The van der Waals surface area contributed by atoms with E-state index in [1.165, 1.54) is 14.6 Å². The molecule has 5 nitrogen and oxygen atoms in total. The van der Waals surface area contributed by atoms with Gasteiger partial charge in [-0.3, -0.25) is 4.79 Å². The van der Waals surface area contributed by atoms with Crippen LogP contribution in [0.15, 0.2) is 34.6 Å². The Morgan fingerprint density at radius 3 is 2.69 bits per heavy atom. The minimum atomic E-state index is -0.00843. The lowest BCUT2D eigenvalue weighted by Crippen LogP contribution is -2.44. The van der Waals surface area contributed by atoms with Crippen molar-refractivity contribution in [1.29, 1.82) is 0 Å². The van der Waals surface area contributed by atoms with Gasteiger partial charge in [0.25, 0.3) is 0 Å². The zero-order valence-corrected chi connectivity index (χ0v) is 17.5. The van der Waals surface area contributed by atoms with E-state index in [-0.39, 0.29) is 18.5 Å². The molecule has 0 aliphatic heterocycles. The van der Waals surface area contributed by atoms with Crippen LogP contribution in [0.3, 0.4) is 0 Å². The quantitative estimate of drug-likeness (QED) is 0.536. The zero-order valence-electron chi connectivity index (χ0n) is 15.9. The van der Waals surface area contributed by atoms with Gasteiger partial charge in [0.05, 0.1) is 0 Å². The number of guanidine groups is 1. The Kier molecular flexibility index (Phi) is 8.12. The molecule has 0 fully saturated rings. The number of hydrogen-bond acceptors (Lipinski definition) is 4. The molecule has 0 aromatic carbocycles. The third-order valence-corrected chi connectivity index (χ3v) is 5.76. The summed E-state index contributed by atoms with van der Waals surface area (Å²) < 4.78 is 0. The largest absolute Gasteiger partial charge is 0.356 e. The maximum Gasteiger partial charge on any atom is 0.243 e. The number of rotatable bonds is 8. The van der Waals surface area contributed by atoms with Crippen molar-refractivity contribution in [3.8, 4) is 0 Å². The molecule has 0 aliphatic rings. The molecule has 2 N–H and O–H groups in total. The zero-order chi connectivity index (χ0) is 18.9. The first-order chi connectivity index (χ1) is 12.4. The van der Waals surface area contributed by atoms with Gasteiger partial charge in [-0.15, -0.1) is 22.7 Å². The molecular formula is C19H28N4OS2. The van der Waals surface area contributed by atoms with Crippen molar-refractivity contribution >= 4 is 34.5 Å². The molecule has 0 bridgehead atoms. The Morgan fingerprint density at radius 1 is 1.27 bits per heavy atom. The molecule has 2 rings (SSSR count). The van der Waals surface area contributed by atoms with E-state index >= 15 is 0 Å². The Labute approximate surface area is 164 Å². The molecule has 0 spiro atoms. The van der Waals surface area contributed by atoms with Crippen LogP contribution in [0.4, 0.5) is 0 Å². The smallest absolute Gasteiger partial charge is 0.243 e. The van der Waals surface area contributed by atoms with Crippen LogP contribution in [0.5, 0.6) is 0 Å². The van der Waals surface area contributed by atoms with Gasteiger partial charge in [-0.25, -0.2) is 4.99 Å². The van der Waals surface area contributed by atoms with Gasteiger partial charge in [0.1, 0.15) is 6.54 Å². The Balaban J connectivity index is 1.91. The second kappa shape index (κ2) is 10.3. The first kappa shape index (κ1) is 20.5. The van der Waals surface area contributed by atoms with Gasteiger partial charge in [-0.05, 0) is 43.8 Å². The van der Waals surface area contributed by atoms with E-state index in [4.69, 9.17) is 0 Å². The summed E-state index contributed by atoms with van der Waals surface area (Å²) in [5.74, 6) is 0.684. The number of thiophene rings is 2. The van der Waals surface area contributed by atoms with E-state index in [0.29, 0.717) is 5.96 Å². The number of carbonyl (C=O) groups excluding carboxylic acids is 1. The van der Waals surface area contributed by atoms with E-state index in [1.807, 2.05) is 11.3 Å². The van der Waals surface area contributed by atoms with Crippen LogP contribution in [0, 0.1) is 6.92 Å². The van der Waals surface area contributed by atoms with Gasteiger partial charge in [0.2, 0.25) is 5.91 Å². The summed E-state index contributed by atoms with van der Waals surface area (Å²) in [6.07, 6.45) is 1.88. The van der Waals surface area contributed by atoms with Crippen LogP contribution in [-0.2, 0) is 17.6 Å². The van der Waals surface area contributed by atoms with Crippen molar-refractivity contribution in [2.24, 2.45) is 4.99 Å². The average Bonchev–Trinajstić information content (AvgIpc) is 3.23. The van der Waals surface area contributed by atoms with E-state index in [0.717, 1.165) is 19.4 Å². The SMILES string of the molecule is Cc1ccc(CC(C)NC(=NCC(=O)N(C)C)NCCc2cccs2)s1. The number of carbonyl (C=O) groups is 1. The number of nitrogens with one attached hydrogen (secondary N) is 2. The molecule has 0 saturated heterocycles. The highest BCUT2D eigenvalue weighted by Crippen LogP contribution is 2.16. The standard InChI is InChI=1S/C19H28N4OS2/c1-14(12-17-8-7-15(2)26-17)22-19(21-13-18(24)23(3)4)20-10-9-16-6-5-11-25-16/h5-8,11,14H,9-10,12-13H2,1-4H3,(H2,20,21,22). The van der Waals surface area contributed by atoms with E-state index in [9.17, 15) is 4.79 Å². The molecular weight excluding hydrogens is 364 g/mol. The molecule has 26 heavy (non-hydrogen) atoms. The van der Waals surface area contributed by atoms with Gasteiger partial charge >= 0.3 is 0 Å². The van der Waals surface area contributed by atoms with Gasteiger partial charge < -0.3 is 15.5 Å². The number of hydrogen-bond donors (Lipinski definition) is 2. The molecule has 142 valence electrons. The predicted molar refractivity (Wildman–Crippen MR) is 112 cm³/mol. The molecule has 2 aromatic heterocycles. The lowest BCUT2D eigenvalue weighted by molar-refractivity contribution is -0.127. The monoisotopic (exact) mass is 392 g/mol. The number of nitrogens with zero attached hydrogens (tertiary/aromatic N) is 2. The van der Waals surface area contributed by atoms with Gasteiger partial charge in [-0.2, -0.15) is 0 Å². The number of amides is 1. The lowest BCUT2D eigenvalue weighted by atomic mass is 10.2. The normalized spacial score (nSPS) is 12.7. The molecule has 2 aromatic rings. The van der Waals surface area contributed by atoms with Crippen LogP contribution in [0.2, 0.25) is 0 Å². The Hall–Kier alpha value is -1.86. The van der Waals surface area contributed by atoms with Crippen LogP contribution >= 0.6 is 22.7 Å². The molecule has 1 unspecified atom stereocenters. The van der Waals surface area contributed by atoms with Crippen molar-refractivity contribution in [2.45, 2.75) is 32.7 Å². The summed E-state index contributed by atoms with van der Waals surface area (Å²) in [6.45, 7) is 5.19. The molecule has 7 heteroatoms. The highest BCUT2D eigenvalue weighted by molar-refractivity contribution is 7.11. The topological polar surface area (TPSA) is 56.7 Å². The number of aliphatic imine (C=N–C) groups is 1. The number of aryl methyl sites for hydroxylation is 1. The van der Waals surface area contributed by atoms with Gasteiger partial charge in [-0.1, -0.05) is 6.07 Å². The molecule has 0 saturated carbocycles. The first-order valence-corrected chi connectivity index (χ1v) is 10.5. The molecule has 0 aliphatic carbocycles. The van der Waals surface area contributed by atoms with Crippen molar-refractivity contribution in [2.75, 3.05) is 27.2 Å². The molecule has 0 radical (unpaired) electrons. The van der Waals surface area contributed by atoms with E-state index in [1.54, 1.807) is 30.3 Å². The summed E-state index contributed by atoms with van der Waals surface area (Å²) in [5.41, 5.74) is 0. The predicted octanol–water partition coefficient (Wildman–Crippen LogP) is 2.92. The van der Waals surface area contributed by atoms with Crippen molar-refractivity contribution < 1.29 is 4.79 Å². The summed E-state index contributed by atoms with van der Waals surface area (Å²) in [6, 6.07) is 8.75. The van der Waals surface area contributed by atoms with E-state index in [2.05, 4.69) is 59.1 Å². The fourth-order valence-corrected chi connectivity index (χ4v) is 4.11. The summed E-state index contributed by atoms with van der Waals surface area (Å²) in [5, 5.41) is 8.87. The molecule has 1 amide bonds. The van der Waals surface area contributed by atoms with Crippen LogP contribution in [0.25, 0.3) is 0 Å². The molecule has 1 atom stereocenters. The van der Waals surface area contributed by atoms with Crippen LogP contribution in [-0.4, -0.2) is 50.0 Å². The van der Waals surface area contributed by atoms with Gasteiger partial charge in [0, 0.05) is 47.7 Å². The fourth-order valence-electron chi connectivity index (χ4n) is 2.38. The fraction of sp³-hybridized carbons (Fsp3) is 0.474. The Morgan fingerprint density at radius 2 is 2.08 bits per heavy atom. The Bertz CT molecular complexity index is 707. The third kappa shape index (κ3) is 7.17. The van der Waals surface area contributed by atoms with Crippen LogP contribution < -0.4 is 10.6 Å². The van der Waals surface area contributed by atoms with E-state index < -0.39 is 0 Å². The minimum absolute atomic E-state index is 0.00843. The van der Waals surface area contributed by atoms with Crippen molar-refractivity contribution in [1.82, 2.24) is 15.5 Å². The highest BCUT2D eigenvalue weighted by Gasteiger charge is 2.10. The highest BCUT2D eigenvalue weighted by atomic mass is 32.1. The third-order valence-electron chi connectivity index (χ3n) is 3.80. The van der Waals surface area contributed by atoms with Crippen molar-refractivity contribution in [3.63, 3.8) is 0 Å². The summed E-state index contributed by atoms with van der Waals surface area (Å²) in [4.78, 5) is 21.9. The first-order valence-electron chi connectivity index (χ1n) is 8.76.